The zero-order valence-corrected chi connectivity index (χ0v) is 46.2. The lowest BCUT2D eigenvalue weighted by molar-refractivity contribution is -0.144. The molecule has 0 spiro atoms. The van der Waals surface area contributed by atoms with Crippen LogP contribution in [-0.4, -0.2) is 90.9 Å². The number of benzene rings is 5. The number of nitrogens with one attached hydrogen (secondary N) is 3. The summed E-state index contributed by atoms with van der Waals surface area (Å²) in [6.07, 6.45) is -0.256. The van der Waals surface area contributed by atoms with Crippen molar-refractivity contribution in [1.29, 1.82) is 0 Å². The predicted molar refractivity (Wildman–Crippen MR) is 307 cm³/mol. The Kier molecular flexibility index (Phi) is 15.4. The standard InChI is InChI=1S/C61H60N8O8S2/c1-34-43(44-25-26-51(65-53(44)59(75)76)68-28-27-39-11-9-13-45(46(39)32-68)56(72)67-60-64-47-14-7-8-16-50(47)79-60)12-10-15-49(34)77-42-23-17-37(18-24-42)29-52(71)66-55(61(4,5)6)58(74)69-31-41(70)30-48(69)57(73)63-35(2)38-19-21-40(22-20-38)54-36(3)62-33-78-54/h7-26,33,35,41,48,55,70H,27-32H2,1-6H3,(H,63,73)(H,66,71)(H,75,76)(H,64,67,72). The van der Waals surface area contributed by atoms with Crippen LogP contribution in [0.5, 0.6) is 11.5 Å². The van der Waals surface area contributed by atoms with Crippen LogP contribution in [0.4, 0.5) is 10.9 Å². The molecule has 0 aliphatic carbocycles. The first-order chi connectivity index (χ1) is 37.9. The Bertz CT molecular complexity index is 3600. The molecule has 4 amide bonds. The van der Waals surface area contributed by atoms with Crippen molar-refractivity contribution in [1.82, 2.24) is 30.5 Å². The third-order valence-corrected chi connectivity index (χ3v) is 16.5. The monoisotopic (exact) mass is 1100 g/mol. The number of likely N-dealkylation sites (tertiary alicyclic amines) is 1. The van der Waals surface area contributed by atoms with Gasteiger partial charge in [-0.25, -0.2) is 19.7 Å². The molecule has 18 heteroatoms. The fourth-order valence-electron chi connectivity index (χ4n) is 10.3. The third-order valence-electron chi connectivity index (χ3n) is 14.6. The number of aryl methyl sites for hydroxylation is 1. The number of nitrogens with zero attached hydrogens (tertiary/aromatic N) is 5. The van der Waals surface area contributed by atoms with Crippen LogP contribution in [0.2, 0.25) is 0 Å². The number of ether oxygens (including phenoxy) is 1. The Hall–Kier alpha value is -8.32. The lowest BCUT2D eigenvalue weighted by Gasteiger charge is -2.35. The number of amides is 4. The van der Waals surface area contributed by atoms with Crippen LogP contribution in [0.25, 0.3) is 31.8 Å². The number of hydrogen-bond donors (Lipinski definition) is 5. The molecule has 79 heavy (non-hydrogen) atoms. The summed E-state index contributed by atoms with van der Waals surface area (Å²) in [4.78, 5) is 86.6. The van der Waals surface area contributed by atoms with Gasteiger partial charge in [-0.1, -0.05) is 105 Å². The van der Waals surface area contributed by atoms with Crippen LogP contribution < -0.4 is 25.6 Å². The summed E-state index contributed by atoms with van der Waals surface area (Å²) in [5, 5.41) is 30.8. The average molecular weight is 1100 g/mol. The Morgan fingerprint density at radius 3 is 2.33 bits per heavy atom. The normalized spacial score (nSPS) is 16.0. The number of aromatic carboxylic acids is 1. The van der Waals surface area contributed by atoms with Gasteiger partial charge in [-0.2, -0.15) is 0 Å². The van der Waals surface area contributed by atoms with Gasteiger partial charge in [0.15, 0.2) is 10.8 Å². The van der Waals surface area contributed by atoms with Crippen LogP contribution in [0.1, 0.15) is 94.5 Å². The molecule has 10 rings (SSSR count). The molecule has 2 aliphatic heterocycles. The Morgan fingerprint density at radius 2 is 1.61 bits per heavy atom. The van der Waals surface area contributed by atoms with Crippen LogP contribution in [-0.2, 0) is 33.8 Å². The molecule has 4 atom stereocenters. The number of para-hydroxylation sites is 1. The minimum Gasteiger partial charge on any atom is -0.476 e. The van der Waals surface area contributed by atoms with Crippen molar-refractivity contribution in [2.75, 3.05) is 23.3 Å². The minimum atomic E-state index is -1.19. The second-order valence-corrected chi connectivity index (χ2v) is 23.0. The van der Waals surface area contributed by atoms with Gasteiger partial charge in [0.2, 0.25) is 17.7 Å². The molecule has 404 valence electrons. The number of aliphatic hydroxyl groups is 1. The number of carboxylic acid groups (broad SMARTS) is 1. The van der Waals surface area contributed by atoms with E-state index in [1.54, 1.807) is 65.9 Å². The van der Waals surface area contributed by atoms with E-state index in [1.165, 1.54) is 16.2 Å². The zero-order chi connectivity index (χ0) is 55.7. The molecule has 1 saturated heterocycles. The maximum absolute atomic E-state index is 14.3. The first-order valence-electron chi connectivity index (χ1n) is 26.1. The fourth-order valence-corrected chi connectivity index (χ4v) is 12.0. The van der Waals surface area contributed by atoms with Gasteiger partial charge in [0.25, 0.3) is 5.91 Å². The van der Waals surface area contributed by atoms with Gasteiger partial charge in [-0.15, -0.1) is 11.3 Å². The van der Waals surface area contributed by atoms with Crippen LogP contribution >= 0.6 is 22.7 Å². The van der Waals surface area contributed by atoms with E-state index in [0.717, 1.165) is 43.0 Å². The van der Waals surface area contributed by atoms with Gasteiger partial charge in [-0.05, 0) is 120 Å². The molecule has 0 bridgehead atoms. The summed E-state index contributed by atoms with van der Waals surface area (Å²) in [6.45, 7) is 12.1. The molecule has 16 nitrogen and oxygen atoms in total. The number of anilines is 2. The number of rotatable bonds is 15. The topological polar surface area (TPSA) is 216 Å². The molecule has 1 fully saturated rings. The van der Waals surface area contributed by atoms with Crippen molar-refractivity contribution < 1.29 is 38.9 Å². The Morgan fingerprint density at radius 1 is 0.848 bits per heavy atom. The molecule has 5 heterocycles. The number of β-amino-alcohol motifs (C(OH)–C–C–N with tert-alkyl or cyclic N) is 1. The van der Waals surface area contributed by atoms with E-state index in [4.69, 9.17) is 9.72 Å². The quantitative estimate of drug-likeness (QED) is 0.0648. The number of carboxylic acids is 1. The highest BCUT2D eigenvalue weighted by molar-refractivity contribution is 7.22. The van der Waals surface area contributed by atoms with E-state index < -0.39 is 41.4 Å². The number of carbonyl (C=O) groups is 5. The molecule has 8 aromatic rings. The highest BCUT2D eigenvalue weighted by Gasteiger charge is 2.45. The van der Waals surface area contributed by atoms with E-state index in [1.807, 2.05) is 119 Å². The average Bonchev–Trinajstić information content (AvgIpc) is 4.19. The fraction of sp³-hybridized carbons (Fsp3) is 0.279. The molecular formula is C61H60N8O8S2. The molecule has 5 aromatic carbocycles. The van der Waals surface area contributed by atoms with Crippen LogP contribution in [0.15, 0.2) is 127 Å². The van der Waals surface area contributed by atoms with Crippen molar-refractivity contribution in [2.45, 2.75) is 91.6 Å². The molecule has 2 aliphatic rings. The van der Waals surface area contributed by atoms with Crippen molar-refractivity contribution in [3.05, 3.63) is 172 Å². The van der Waals surface area contributed by atoms with Gasteiger partial charge in [-0.3, -0.25) is 24.5 Å². The SMILES string of the molecule is Cc1ncsc1-c1ccc(C(C)NC(=O)C2CC(O)CN2C(=O)C(NC(=O)Cc2ccc(Oc3cccc(-c4ccc(N5CCc6cccc(C(=O)Nc7nc8ccccc8s7)c6C5)nc4C(=O)O)c3C)cc2)C(C)(C)C)cc1. The van der Waals surface area contributed by atoms with E-state index in [9.17, 15) is 34.2 Å². The molecule has 4 unspecified atom stereocenters. The zero-order valence-electron chi connectivity index (χ0n) is 44.6. The van der Waals surface area contributed by atoms with Crippen molar-refractivity contribution >= 4 is 73.4 Å². The smallest absolute Gasteiger partial charge is 0.355 e. The van der Waals surface area contributed by atoms with Crippen molar-refractivity contribution in [3.8, 4) is 33.1 Å². The van der Waals surface area contributed by atoms with E-state index in [2.05, 4.69) is 25.9 Å². The number of thiazole rings is 2. The summed E-state index contributed by atoms with van der Waals surface area (Å²) in [6, 6.07) is 34.9. The first-order valence-corrected chi connectivity index (χ1v) is 27.8. The van der Waals surface area contributed by atoms with E-state index >= 15 is 0 Å². The summed E-state index contributed by atoms with van der Waals surface area (Å²) in [7, 11) is 0. The molecule has 5 N–H and O–H groups in total. The predicted octanol–water partition coefficient (Wildman–Crippen LogP) is 10.3. The number of fused-ring (bicyclic) bond motifs is 2. The van der Waals surface area contributed by atoms with Gasteiger partial charge >= 0.3 is 5.97 Å². The van der Waals surface area contributed by atoms with Gasteiger partial charge < -0.3 is 35.4 Å². The van der Waals surface area contributed by atoms with E-state index in [-0.39, 0.29) is 42.9 Å². The molecular weight excluding hydrogens is 1040 g/mol. The maximum Gasteiger partial charge on any atom is 0.355 e. The first kappa shape index (κ1) is 54.1. The second-order valence-electron chi connectivity index (χ2n) is 21.2. The van der Waals surface area contributed by atoms with E-state index in [0.29, 0.717) is 69.8 Å². The van der Waals surface area contributed by atoms with Gasteiger partial charge in [0.1, 0.15) is 29.4 Å². The van der Waals surface area contributed by atoms with Crippen LogP contribution in [0.3, 0.4) is 0 Å². The number of pyridine rings is 1. The number of hydrogen-bond acceptors (Lipinski definition) is 13. The summed E-state index contributed by atoms with van der Waals surface area (Å²) >= 11 is 2.97. The van der Waals surface area contributed by atoms with Gasteiger partial charge in [0.05, 0.1) is 44.9 Å². The largest absolute Gasteiger partial charge is 0.476 e. The van der Waals surface area contributed by atoms with Crippen molar-refractivity contribution in [2.24, 2.45) is 5.41 Å². The summed E-state index contributed by atoms with van der Waals surface area (Å²) in [5.74, 6) is -1.26. The van der Waals surface area contributed by atoms with Crippen molar-refractivity contribution in [3.63, 3.8) is 0 Å². The summed E-state index contributed by atoms with van der Waals surface area (Å²) in [5.41, 5.74) is 9.41. The second kappa shape index (κ2) is 22.6. The lowest BCUT2D eigenvalue weighted by Crippen LogP contribution is -2.58. The minimum absolute atomic E-state index is 0.0444. The number of carbonyl (C=O) groups excluding carboxylic acids is 4. The molecule has 0 saturated carbocycles. The Labute approximate surface area is 465 Å². The highest BCUT2D eigenvalue weighted by atomic mass is 32.1. The van der Waals surface area contributed by atoms with Gasteiger partial charge in [0, 0.05) is 37.2 Å². The number of aliphatic hydroxyl groups excluding tert-OH is 1. The lowest BCUT2D eigenvalue weighted by atomic mass is 9.85. The Balaban J connectivity index is 0.774. The maximum atomic E-state index is 14.3. The third kappa shape index (κ3) is 11.8. The molecule has 3 aromatic heterocycles. The molecule has 0 radical (unpaired) electrons. The van der Waals surface area contributed by atoms with Crippen LogP contribution in [0, 0.1) is 19.3 Å². The number of aromatic nitrogens is 3. The highest BCUT2D eigenvalue weighted by Crippen LogP contribution is 2.37. The summed E-state index contributed by atoms with van der Waals surface area (Å²) < 4.78 is 7.33.